The fourth-order valence-electron chi connectivity index (χ4n) is 1.48. The Kier molecular flexibility index (Phi) is 3.32. The molecule has 2 nitrogen and oxygen atoms in total. The van der Waals surface area contributed by atoms with Crippen molar-refractivity contribution in [2.45, 2.75) is 6.54 Å². The van der Waals surface area contributed by atoms with Gasteiger partial charge in [0.05, 0.1) is 22.1 Å². The van der Waals surface area contributed by atoms with Crippen LogP contribution in [-0.4, -0.2) is 9.55 Å². The molecule has 0 unspecified atom stereocenters. The molecule has 0 saturated heterocycles. The smallest absolute Gasteiger partial charge is 0.178 e. The van der Waals surface area contributed by atoms with E-state index in [1.54, 1.807) is 6.07 Å². The van der Waals surface area contributed by atoms with Gasteiger partial charge in [0.25, 0.3) is 0 Å². The van der Waals surface area contributed by atoms with Gasteiger partial charge in [0.1, 0.15) is 5.82 Å². The van der Waals surface area contributed by atoms with Gasteiger partial charge >= 0.3 is 0 Å². The van der Waals surface area contributed by atoms with E-state index in [9.17, 15) is 4.39 Å². The first-order chi connectivity index (χ1) is 7.49. The maximum atomic E-state index is 13.3. The summed E-state index contributed by atoms with van der Waals surface area (Å²) in [5, 5.41) is 0. The van der Waals surface area contributed by atoms with Gasteiger partial charge in [-0.25, -0.2) is 4.39 Å². The van der Waals surface area contributed by atoms with Crippen molar-refractivity contribution >= 4 is 55.1 Å². The molecule has 0 saturated carbocycles. The highest BCUT2D eigenvalue weighted by Crippen LogP contribution is 2.24. The lowest BCUT2D eigenvalue weighted by molar-refractivity contribution is 0.622. The number of H-pyrrole nitrogens is 1. The Morgan fingerprint density at radius 3 is 2.88 bits per heavy atom. The zero-order valence-corrected chi connectivity index (χ0v) is 12.0. The number of allylic oxidation sites excluding steroid dienone is 1. The summed E-state index contributed by atoms with van der Waals surface area (Å²) >= 11 is 11.6. The first-order valence-electron chi connectivity index (χ1n) is 4.40. The molecule has 0 atom stereocenters. The molecule has 6 heteroatoms. The van der Waals surface area contributed by atoms with Crippen LogP contribution in [0.2, 0.25) is 0 Å². The van der Waals surface area contributed by atoms with E-state index in [1.807, 2.05) is 4.57 Å². The summed E-state index contributed by atoms with van der Waals surface area (Å²) in [6, 6.07) is 3.12. The van der Waals surface area contributed by atoms with Crippen LogP contribution in [-0.2, 0) is 6.54 Å². The molecule has 0 fully saturated rings. The van der Waals surface area contributed by atoms with Crippen LogP contribution in [0, 0.1) is 10.6 Å². The Labute approximate surface area is 113 Å². The van der Waals surface area contributed by atoms with Crippen molar-refractivity contribution in [2.24, 2.45) is 0 Å². The molecule has 2 rings (SSSR count). The van der Waals surface area contributed by atoms with E-state index in [4.69, 9.17) is 12.2 Å². The second-order valence-corrected chi connectivity index (χ2v) is 5.68. The molecular weight excluding hydrogens is 359 g/mol. The summed E-state index contributed by atoms with van der Waals surface area (Å²) in [5.74, 6) is -0.312. The fraction of sp³-hybridized carbons (Fsp3) is 0.100. The minimum absolute atomic E-state index is 0.312. The monoisotopic (exact) mass is 364 g/mol. The second-order valence-electron chi connectivity index (χ2n) is 3.32. The molecule has 0 bridgehead atoms. The van der Waals surface area contributed by atoms with Crippen molar-refractivity contribution in [3.8, 4) is 0 Å². The maximum Gasteiger partial charge on any atom is 0.178 e. The zero-order chi connectivity index (χ0) is 11.9. The predicted octanol–water partition coefficient (Wildman–Crippen LogP) is 4.51. The molecule has 0 radical (unpaired) electrons. The van der Waals surface area contributed by atoms with Gasteiger partial charge in [0.15, 0.2) is 4.77 Å². The zero-order valence-electron chi connectivity index (χ0n) is 8.06. The molecule has 0 spiro atoms. The number of halogens is 3. The highest BCUT2D eigenvalue weighted by atomic mass is 79.9. The number of rotatable bonds is 2. The van der Waals surface area contributed by atoms with Crippen molar-refractivity contribution in [1.82, 2.24) is 9.55 Å². The second kappa shape index (κ2) is 4.43. The van der Waals surface area contributed by atoms with Crippen molar-refractivity contribution < 1.29 is 4.39 Å². The molecule has 1 N–H and O–H groups in total. The van der Waals surface area contributed by atoms with Gasteiger partial charge in [-0.1, -0.05) is 22.5 Å². The number of hydrogen-bond acceptors (Lipinski definition) is 1. The molecule has 2 aromatic rings. The topological polar surface area (TPSA) is 20.7 Å². The fourth-order valence-corrected chi connectivity index (χ4v) is 2.34. The third-order valence-electron chi connectivity index (χ3n) is 2.15. The number of aromatic amines is 1. The van der Waals surface area contributed by atoms with Crippen molar-refractivity contribution in [3.05, 3.63) is 38.3 Å². The van der Waals surface area contributed by atoms with Crippen LogP contribution in [0.25, 0.3) is 11.0 Å². The Morgan fingerprint density at radius 1 is 1.56 bits per heavy atom. The van der Waals surface area contributed by atoms with Crippen LogP contribution in [0.1, 0.15) is 0 Å². The van der Waals surface area contributed by atoms with Gasteiger partial charge in [0, 0.05) is 10.5 Å². The number of nitrogens with one attached hydrogen (secondary N) is 1. The van der Waals surface area contributed by atoms with Crippen molar-refractivity contribution in [1.29, 1.82) is 0 Å². The van der Waals surface area contributed by atoms with Crippen LogP contribution in [0.4, 0.5) is 4.39 Å². The number of imidazole rings is 1. The summed E-state index contributed by atoms with van der Waals surface area (Å²) in [4.78, 5) is 2.96. The summed E-state index contributed by atoms with van der Waals surface area (Å²) in [6.07, 6.45) is 0. The van der Waals surface area contributed by atoms with Crippen LogP contribution >= 0.6 is 44.1 Å². The van der Waals surface area contributed by atoms with E-state index >= 15 is 0 Å². The number of fused-ring (bicyclic) bond motifs is 1. The third kappa shape index (κ3) is 2.14. The van der Waals surface area contributed by atoms with Crippen LogP contribution in [0.15, 0.2) is 27.7 Å². The highest BCUT2D eigenvalue weighted by molar-refractivity contribution is 9.11. The molecule has 1 aromatic heterocycles. The summed E-state index contributed by atoms with van der Waals surface area (Å²) in [6.45, 7) is 4.32. The average Bonchev–Trinajstić information content (AvgIpc) is 2.45. The Morgan fingerprint density at radius 2 is 2.25 bits per heavy atom. The van der Waals surface area contributed by atoms with E-state index in [1.165, 1.54) is 6.07 Å². The van der Waals surface area contributed by atoms with Gasteiger partial charge < -0.3 is 9.55 Å². The first-order valence-corrected chi connectivity index (χ1v) is 6.39. The minimum atomic E-state index is -0.312. The highest BCUT2D eigenvalue weighted by Gasteiger charge is 2.08. The van der Waals surface area contributed by atoms with Crippen molar-refractivity contribution in [2.75, 3.05) is 0 Å². The average molecular weight is 366 g/mol. The molecule has 0 amide bonds. The van der Waals surface area contributed by atoms with E-state index in [0.29, 0.717) is 21.3 Å². The standard InChI is InChI=1S/C10H7Br2FN2S/c1-5(11)4-15-9-2-6(12)7(13)3-8(9)14-10(15)16/h2-3H,1,4H2,(H,14,16). The SMILES string of the molecule is C=C(Br)Cn1c(=S)[nH]c2cc(F)c(Br)cc21. The molecular formula is C10H7Br2FN2S. The van der Waals surface area contributed by atoms with E-state index in [0.717, 1.165) is 10.00 Å². The predicted molar refractivity (Wildman–Crippen MR) is 72.8 cm³/mol. The molecule has 0 aliphatic carbocycles. The molecule has 1 heterocycles. The Bertz CT molecular complexity index is 630. The lowest BCUT2D eigenvalue weighted by Gasteiger charge is -2.03. The van der Waals surface area contributed by atoms with E-state index in [-0.39, 0.29) is 5.82 Å². The lowest BCUT2D eigenvalue weighted by Crippen LogP contribution is -1.97. The van der Waals surface area contributed by atoms with E-state index in [2.05, 4.69) is 43.4 Å². The van der Waals surface area contributed by atoms with Crippen LogP contribution < -0.4 is 0 Å². The summed E-state index contributed by atoms with van der Waals surface area (Å²) in [7, 11) is 0. The third-order valence-corrected chi connectivity index (χ3v) is 3.33. The summed E-state index contributed by atoms with van der Waals surface area (Å²) in [5.41, 5.74) is 1.53. The van der Waals surface area contributed by atoms with Gasteiger partial charge in [-0.2, -0.15) is 0 Å². The van der Waals surface area contributed by atoms with Crippen molar-refractivity contribution in [3.63, 3.8) is 0 Å². The quantitative estimate of drug-likeness (QED) is 0.776. The lowest BCUT2D eigenvalue weighted by atomic mass is 10.3. The molecule has 84 valence electrons. The minimum Gasteiger partial charge on any atom is -0.330 e. The number of benzene rings is 1. The van der Waals surface area contributed by atoms with Gasteiger partial charge in [0.2, 0.25) is 0 Å². The number of aromatic nitrogens is 2. The molecule has 16 heavy (non-hydrogen) atoms. The number of nitrogens with zero attached hydrogens (tertiary/aromatic N) is 1. The van der Waals surface area contributed by atoms with Crippen LogP contribution in [0.5, 0.6) is 0 Å². The normalized spacial score (nSPS) is 10.9. The first kappa shape index (κ1) is 12.0. The van der Waals surface area contributed by atoms with Gasteiger partial charge in [-0.05, 0) is 34.2 Å². The largest absolute Gasteiger partial charge is 0.330 e. The van der Waals surface area contributed by atoms with Gasteiger partial charge in [-0.3, -0.25) is 0 Å². The number of hydrogen-bond donors (Lipinski definition) is 1. The Balaban J connectivity index is 2.74. The van der Waals surface area contributed by atoms with Crippen LogP contribution in [0.3, 0.4) is 0 Å². The molecule has 0 aliphatic rings. The summed E-state index contributed by atoms with van der Waals surface area (Å²) < 4.78 is 16.9. The maximum absolute atomic E-state index is 13.3. The van der Waals surface area contributed by atoms with E-state index < -0.39 is 0 Å². The van der Waals surface area contributed by atoms with Gasteiger partial charge in [-0.15, -0.1) is 0 Å². The Hall–Kier alpha value is -0.460. The molecule has 0 aliphatic heterocycles. The molecule has 1 aromatic carbocycles.